The third kappa shape index (κ3) is 19.9. The molecule has 0 spiro atoms. The van der Waals surface area contributed by atoms with Crippen molar-refractivity contribution < 1.29 is 59.0 Å². The molecule has 13 N–H and O–H groups in total. The Morgan fingerprint density at radius 1 is 0.718 bits per heavy atom. The minimum atomic E-state index is -1.29. The molecule has 16 nitrogen and oxygen atoms in total. The molecule has 0 amide bonds. The van der Waals surface area contributed by atoms with Crippen molar-refractivity contribution in [1.29, 1.82) is 0 Å². The Kier molecular flexibility index (Phi) is 19.4. The fraction of sp³-hybridized carbons (Fsp3) is 0.455. The lowest BCUT2D eigenvalue weighted by atomic mass is 10.1. The third-order valence-electron chi connectivity index (χ3n) is 4.27. The van der Waals surface area contributed by atoms with E-state index in [4.69, 9.17) is 53.2 Å². The molecule has 1 rings (SSSR count). The van der Waals surface area contributed by atoms with Crippen LogP contribution in [0.1, 0.15) is 24.8 Å². The fourth-order valence-electron chi connectivity index (χ4n) is 2.14. The number of carbonyl (C=O) groups is 6. The van der Waals surface area contributed by atoms with E-state index in [1.807, 2.05) is 6.26 Å². The molecule has 0 fully saturated rings. The van der Waals surface area contributed by atoms with Crippen molar-refractivity contribution in [3.05, 3.63) is 29.8 Å². The van der Waals surface area contributed by atoms with Crippen LogP contribution in [-0.2, 0) is 35.2 Å². The summed E-state index contributed by atoms with van der Waals surface area (Å²) in [6.07, 6.45) is 1.66. The SMILES string of the molecule is CSCCC(N)C(=O)Oc1ccc(CC(N)C(=O)O)cc1.NC(CC(=O)O)C(=O)O.NC(CC(=O)O)C(=O)O. The number of hydrogen-bond donors (Lipinski definition) is 9. The zero-order valence-electron chi connectivity index (χ0n) is 21.0. The third-order valence-corrected chi connectivity index (χ3v) is 4.92. The summed E-state index contributed by atoms with van der Waals surface area (Å²) >= 11 is 1.62. The number of carboxylic acid groups (broad SMARTS) is 5. The van der Waals surface area contributed by atoms with Crippen LogP contribution in [0.3, 0.4) is 0 Å². The van der Waals surface area contributed by atoms with Gasteiger partial charge in [0, 0.05) is 0 Å². The Labute approximate surface area is 227 Å². The molecule has 0 aliphatic rings. The van der Waals surface area contributed by atoms with Gasteiger partial charge in [-0.05, 0) is 42.5 Å². The van der Waals surface area contributed by atoms with Crippen LogP contribution in [-0.4, -0.2) is 97.5 Å². The van der Waals surface area contributed by atoms with Crippen LogP contribution < -0.4 is 27.7 Å². The summed E-state index contributed by atoms with van der Waals surface area (Å²) in [4.78, 5) is 61.6. The molecule has 4 atom stereocenters. The Bertz CT molecular complexity index is 929. The number of benzene rings is 1. The molecule has 220 valence electrons. The van der Waals surface area contributed by atoms with Crippen molar-refractivity contribution in [3.8, 4) is 5.75 Å². The van der Waals surface area contributed by atoms with Gasteiger partial charge >= 0.3 is 35.8 Å². The van der Waals surface area contributed by atoms with E-state index in [-0.39, 0.29) is 6.42 Å². The Balaban J connectivity index is 0. The van der Waals surface area contributed by atoms with Gasteiger partial charge in [-0.1, -0.05) is 12.1 Å². The quantitative estimate of drug-likeness (QED) is 0.0883. The highest BCUT2D eigenvalue weighted by Gasteiger charge is 2.17. The van der Waals surface area contributed by atoms with Gasteiger partial charge in [0.25, 0.3) is 0 Å². The summed E-state index contributed by atoms with van der Waals surface area (Å²) in [7, 11) is 0. The summed E-state index contributed by atoms with van der Waals surface area (Å²) < 4.78 is 5.16. The lowest BCUT2D eigenvalue weighted by molar-refractivity contribution is -0.144. The average molecular weight is 579 g/mol. The summed E-state index contributed by atoms with van der Waals surface area (Å²) in [5.74, 6) is -5.34. The predicted molar refractivity (Wildman–Crippen MR) is 138 cm³/mol. The second-order valence-electron chi connectivity index (χ2n) is 7.69. The van der Waals surface area contributed by atoms with E-state index in [0.29, 0.717) is 12.2 Å². The van der Waals surface area contributed by atoms with Crippen LogP contribution in [0.5, 0.6) is 5.75 Å². The van der Waals surface area contributed by atoms with E-state index in [1.165, 1.54) is 0 Å². The van der Waals surface area contributed by atoms with Gasteiger partial charge in [0.1, 0.15) is 29.9 Å². The lowest BCUT2D eigenvalue weighted by Gasteiger charge is -2.11. The normalized spacial score (nSPS) is 13.1. The van der Waals surface area contributed by atoms with Crippen LogP contribution in [0.2, 0.25) is 0 Å². The molecule has 0 aliphatic carbocycles. The number of carboxylic acids is 5. The number of rotatable bonds is 14. The van der Waals surface area contributed by atoms with E-state index >= 15 is 0 Å². The molecule has 1 aromatic rings. The first-order valence-corrected chi connectivity index (χ1v) is 12.3. The minimum Gasteiger partial charge on any atom is -0.481 e. The maximum absolute atomic E-state index is 11.7. The molecule has 4 unspecified atom stereocenters. The van der Waals surface area contributed by atoms with Crippen LogP contribution in [0, 0.1) is 0 Å². The predicted octanol–water partition coefficient (Wildman–Crippen LogP) is -1.63. The first kappa shape index (κ1) is 37.4. The number of aliphatic carboxylic acids is 5. The minimum absolute atomic E-state index is 0.219. The molecule has 1 aromatic carbocycles. The lowest BCUT2D eigenvalue weighted by Crippen LogP contribution is -2.34. The van der Waals surface area contributed by atoms with Crippen LogP contribution in [0.25, 0.3) is 0 Å². The summed E-state index contributed by atoms with van der Waals surface area (Å²) in [5, 5.41) is 40.8. The maximum Gasteiger partial charge on any atom is 0.328 e. The topological polar surface area (TPSA) is 317 Å². The van der Waals surface area contributed by atoms with E-state index in [9.17, 15) is 28.8 Å². The van der Waals surface area contributed by atoms with Crippen LogP contribution >= 0.6 is 11.8 Å². The van der Waals surface area contributed by atoms with Crippen molar-refractivity contribution in [2.75, 3.05) is 12.0 Å². The molecule has 0 saturated carbocycles. The number of thioether (sulfide) groups is 1. The smallest absolute Gasteiger partial charge is 0.328 e. The summed E-state index contributed by atoms with van der Waals surface area (Å²) in [5.41, 5.74) is 21.6. The maximum atomic E-state index is 11.7. The molecule has 0 saturated heterocycles. The second kappa shape index (κ2) is 20.2. The first-order valence-electron chi connectivity index (χ1n) is 11.0. The van der Waals surface area contributed by atoms with Crippen LogP contribution in [0.15, 0.2) is 24.3 Å². The highest BCUT2D eigenvalue weighted by Crippen LogP contribution is 2.14. The zero-order valence-corrected chi connectivity index (χ0v) is 21.8. The Hall–Kier alpha value is -3.77. The second-order valence-corrected chi connectivity index (χ2v) is 8.67. The standard InChI is InChI=1S/C14H20N2O4S.2C4H7NO4/c1-21-7-6-11(15)14(19)20-10-4-2-9(3-5-10)8-12(16)13(17)18;2*5-2(4(8)9)1-3(6)7/h2-5,11-12H,6-8,15-16H2,1H3,(H,17,18);2*2H,1,5H2,(H,6,7)(H,8,9). The van der Waals surface area contributed by atoms with Gasteiger partial charge in [-0.15, -0.1) is 0 Å². The highest BCUT2D eigenvalue weighted by molar-refractivity contribution is 7.98. The van der Waals surface area contributed by atoms with Crippen molar-refractivity contribution >= 4 is 47.6 Å². The number of esters is 1. The van der Waals surface area contributed by atoms with E-state index in [1.54, 1.807) is 36.0 Å². The molecule has 0 aliphatic heterocycles. The molecule has 0 heterocycles. The summed E-state index contributed by atoms with van der Waals surface area (Å²) in [6, 6.07) is 2.39. The summed E-state index contributed by atoms with van der Waals surface area (Å²) in [6.45, 7) is 0. The Morgan fingerprint density at radius 3 is 1.44 bits per heavy atom. The largest absolute Gasteiger partial charge is 0.481 e. The molecule has 0 bridgehead atoms. The van der Waals surface area contributed by atoms with Gasteiger partial charge in [-0.25, -0.2) is 4.79 Å². The number of carbonyl (C=O) groups excluding carboxylic acids is 1. The average Bonchev–Trinajstić information content (AvgIpc) is 2.83. The first-order chi connectivity index (χ1) is 18.0. The van der Waals surface area contributed by atoms with Gasteiger partial charge in [-0.2, -0.15) is 11.8 Å². The van der Waals surface area contributed by atoms with E-state index in [2.05, 4.69) is 0 Å². The van der Waals surface area contributed by atoms with Crippen molar-refractivity contribution in [2.24, 2.45) is 22.9 Å². The number of ether oxygens (including phenoxy) is 1. The van der Waals surface area contributed by atoms with Crippen molar-refractivity contribution in [2.45, 2.75) is 49.9 Å². The van der Waals surface area contributed by atoms with Crippen molar-refractivity contribution in [1.82, 2.24) is 0 Å². The number of hydrogen-bond acceptors (Lipinski definition) is 12. The zero-order chi connectivity index (χ0) is 30.7. The van der Waals surface area contributed by atoms with Gasteiger partial charge in [0.15, 0.2) is 0 Å². The molecule has 0 aromatic heterocycles. The van der Waals surface area contributed by atoms with Gasteiger partial charge in [-0.3, -0.25) is 24.0 Å². The molecule has 0 radical (unpaired) electrons. The number of nitrogens with two attached hydrogens (primary N) is 4. The molecular weight excluding hydrogens is 544 g/mol. The Morgan fingerprint density at radius 2 is 1.13 bits per heavy atom. The van der Waals surface area contributed by atoms with Crippen LogP contribution in [0.4, 0.5) is 0 Å². The van der Waals surface area contributed by atoms with E-state index < -0.39 is 72.8 Å². The van der Waals surface area contributed by atoms with Crippen molar-refractivity contribution in [3.63, 3.8) is 0 Å². The molecule has 17 heteroatoms. The van der Waals surface area contributed by atoms with Gasteiger partial charge in [0.2, 0.25) is 0 Å². The molecular formula is C22H34N4O12S. The van der Waals surface area contributed by atoms with Gasteiger partial charge < -0.3 is 53.2 Å². The fourth-order valence-corrected chi connectivity index (χ4v) is 2.63. The van der Waals surface area contributed by atoms with Gasteiger partial charge in [0.05, 0.1) is 12.8 Å². The van der Waals surface area contributed by atoms with E-state index in [0.717, 1.165) is 11.3 Å². The highest BCUT2D eigenvalue weighted by atomic mass is 32.2. The monoisotopic (exact) mass is 578 g/mol. The molecule has 39 heavy (non-hydrogen) atoms.